The highest BCUT2D eigenvalue weighted by molar-refractivity contribution is 5.86. The number of hydrogen-bond donors (Lipinski definition) is 0. The lowest BCUT2D eigenvalue weighted by atomic mass is 10.2. The summed E-state index contributed by atoms with van der Waals surface area (Å²) in [7, 11) is 4.48. The molecule has 0 atom stereocenters. The van der Waals surface area contributed by atoms with Crippen molar-refractivity contribution in [2.24, 2.45) is 14.1 Å². The molecule has 7 heteroatoms. The van der Waals surface area contributed by atoms with Gasteiger partial charge >= 0.3 is 11.7 Å². The van der Waals surface area contributed by atoms with Crippen LogP contribution in [0.25, 0.3) is 6.08 Å². The molecule has 0 aliphatic rings. The summed E-state index contributed by atoms with van der Waals surface area (Å²) >= 11 is 0. The number of nitrogens with zero attached hydrogens (tertiary/aromatic N) is 2. The van der Waals surface area contributed by atoms with Crippen molar-refractivity contribution in [1.29, 1.82) is 0 Å². The molecule has 0 saturated heterocycles. The quantitative estimate of drug-likeness (QED) is 0.600. The topological polar surface area (TPSA) is 79.5 Å². The third kappa shape index (κ3) is 4.01. The van der Waals surface area contributed by atoms with E-state index in [-0.39, 0.29) is 12.2 Å². The van der Waals surface area contributed by atoms with E-state index in [4.69, 9.17) is 9.47 Å². The van der Waals surface area contributed by atoms with Gasteiger partial charge in [0.25, 0.3) is 5.56 Å². The van der Waals surface area contributed by atoms with Crippen LogP contribution < -0.4 is 16.0 Å². The van der Waals surface area contributed by atoms with E-state index in [0.717, 1.165) is 22.0 Å². The molecule has 0 N–H and O–H groups in total. The molecule has 2 rings (SSSR count). The lowest BCUT2D eigenvalue weighted by molar-refractivity contribution is -0.138. The Morgan fingerprint density at radius 2 is 1.83 bits per heavy atom. The number of benzene rings is 1. The number of carbonyl (C=O) groups excluding carboxylic acids is 1. The van der Waals surface area contributed by atoms with E-state index in [1.54, 1.807) is 31.4 Å². The highest BCUT2D eigenvalue weighted by Gasteiger charge is 2.05. The number of rotatable bonds is 5. The van der Waals surface area contributed by atoms with Crippen LogP contribution in [0, 0.1) is 0 Å². The van der Waals surface area contributed by atoms with E-state index in [0.29, 0.717) is 0 Å². The third-order valence-electron chi connectivity index (χ3n) is 3.41. The van der Waals surface area contributed by atoms with Crippen molar-refractivity contribution in [3.63, 3.8) is 0 Å². The van der Waals surface area contributed by atoms with Gasteiger partial charge in [-0.15, -0.1) is 0 Å². The smallest absolute Gasteiger partial charge is 0.331 e. The Labute approximate surface area is 138 Å². The molecule has 0 aliphatic heterocycles. The minimum absolute atomic E-state index is 0.110. The zero-order valence-corrected chi connectivity index (χ0v) is 13.7. The van der Waals surface area contributed by atoms with Gasteiger partial charge < -0.3 is 14.0 Å². The average molecular weight is 330 g/mol. The van der Waals surface area contributed by atoms with Gasteiger partial charge in [-0.25, -0.2) is 9.59 Å². The summed E-state index contributed by atoms with van der Waals surface area (Å²) < 4.78 is 12.4. The second kappa shape index (κ2) is 7.45. The van der Waals surface area contributed by atoms with Crippen LogP contribution in [-0.2, 0) is 30.2 Å². The van der Waals surface area contributed by atoms with Crippen LogP contribution in [-0.4, -0.2) is 22.2 Å². The predicted octanol–water partition coefficient (Wildman–Crippen LogP) is 0.849. The molecular formula is C17H18N2O5. The predicted molar refractivity (Wildman–Crippen MR) is 88.7 cm³/mol. The van der Waals surface area contributed by atoms with Crippen LogP contribution >= 0.6 is 0 Å². The molecule has 126 valence electrons. The van der Waals surface area contributed by atoms with Gasteiger partial charge in [-0.2, -0.15) is 0 Å². The van der Waals surface area contributed by atoms with Crippen LogP contribution in [0.3, 0.4) is 0 Å². The zero-order valence-electron chi connectivity index (χ0n) is 13.7. The molecule has 0 bridgehead atoms. The van der Waals surface area contributed by atoms with Crippen molar-refractivity contribution in [3.8, 4) is 5.75 Å². The molecule has 0 amide bonds. The fraction of sp³-hybridized carbons (Fsp3) is 0.235. The fourth-order valence-electron chi connectivity index (χ4n) is 2.03. The van der Waals surface area contributed by atoms with E-state index >= 15 is 0 Å². The van der Waals surface area contributed by atoms with Gasteiger partial charge in [-0.3, -0.25) is 9.36 Å². The van der Waals surface area contributed by atoms with E-state index < -0.39 is 17.2 Å². The van der Waals surface area contributed by atoms with E-state index in [9.17, 15) is 14.4 Å². The second-order valence-corrected chi connectivity index (χ2v) is 5.13. The monoisotopic (exact) mass is 330 g/mol. The van der Waals surface area contributed by atoms with Crippen molar-refractivity contribution in [3.05, 3.63) is 68.5 Å². The summed E-state index contributed by atoms with van der Waals surface area (Å²) in [5.74, 6) is 0.136. The van der Waals surface area contributed by atoms with Gasteiger partial charge in [0.05, 0.1) is 12.7 Å². The first-order chi connectivity index (χ1) is 11.4. The Balaban J connectivity index is 2.03. The summed E-state index contributed by atoms with van der Waals surface area (Å²) in [4.78, 5) is 35.3. The number of methoxy groups -OCH3 is 1. The van der Waals surface area contributed by atoms with Crippen LogP contribution in [0.4, 0.5) is 0 Å². The van der Waals surface area contributed by atoms with Gasteiger partial charge in [0.15, 0.2) is 0 Å². The number of aryl methyl sites for hydroxylation is 1. The summed E-state index contributed by atoms with van der Waals surface area (Å²) in [5.41, 5.74) is 0.133. The maximum absolute atomic E-state index is 11.9. The van der Waals surface area contributed by atoms with Crippen LogP contribution in [0.15, 0.2) is 46.1 Å². The molecule has 2 aromatic rings. The Morgan fingerprint density at radius 3 is 2.46 bits per heavy atom. The highest BCUT2D eigenvalue weighted by atomic mass is 16.5. The summed E-state index contributed by atoms with van der Waals surface area (Å²) in [5, 5.41) is 0. The number of carbonyl (C=O) groups is 1. The lowest BCUT2D eigenvalue weighted by Crippen LogP contribution is -2.37. The van der Waals surface area contributed by atoms with Crippen molar-refractivity contribution < 1.29 is 14.3 Å². The minimum Gasteiger partial charge on any atom is -0.497 e. The second-order valence-electron chi connectivity index (χ2n) is 5.13. The third-order valence-corrected chi connectivity index (χ3v) is 3.41. The number of esters is 1. The largest absolute Gasteiger partial charge is 0.497 e. The maximum Gasteiger partial charge on any atom is 0.331 e. The normalized spacial score (nSPS) is 10.8. The molecule has 1 heterocycles. The van der Waals surface area contributed by atoms with Crippen LogP contribution in [0.2, 0.25) is 0 Å². The van der Waals surface area contributed by atoms with Gasteiger partial charge in [-0.1, -0.05) is 12.1 Å². The van der Waals surface area contributed by atoms with Gasteiger partial charge in [0, 0.05) is 26.4 Å². The molecule has 1 aromatic carbocycles. The van der Waals surface area contributed by atoms with Crippen molar-refractivity contribution >= 4 is 12.0 Å². The number of aromatic nitrogens is 2. The van der Waals surface area contributed by atoms with Crippen LogP contribution in [0.5, 0.6) is 5.75 Å². The molecule has 7 nitrogen and oxygen atoms in total. The molecule has 0 fully saturated rings. The first-order valence-corrected chi connectivity index (χ1v) is 7.17. The number of ether oxygens (including phenoxy) is 2. The van der Waals surface area contributed by atoms with Crippen molar-refractivity contribution in [2.75, 3.05) is 7.11 Å². The van der Waals surface area contributed by atoms with E-state index in [2.05, 4.69) is 0 Å². The van der Waals surface area contributed by atoms with E-state index in [1.807, 2.05) is 0 Å². The molecule has 0 saturated carbocycles. The molecule has 0 aliphatic carbocycles. The Morgan fingerprint density at radius 1 is 1.17 bits per heavy atom. The van der Waals surface area contributed by atoms with Crippen molar-refractivity contribution in [1.82, 2.24) is 9.13 Å². The Kier molecular flexibility index (Phi) is 5.36. The summed E-state index contributed by atoms with van der Waals surface area (Å²) in [6.45, 7) is 0.110. The molecule has 0 radical (unpaired) electrons. The van der Waals surface area contributed by atoms with Crippen molar-refractivity contribution in [2.45, 2.75) is 6.61 Å². The maximum atomic E-state index is 11.9. The van der Waals surface area contributed by atoms with Gasteiger partial charge in [0.2, 0.25) is 0 Å². The first-order valence-electron chi connectivity index (χ1n) is 7.17. The SMILES string of the molecule is COc1ccc(COC(=O)/C=C/c2cn(C)c(=O)n(C)c2=O)cc1. The minimum atomic E-state index is -0.582. The molecule has 0 unspecified atom stereocenters. The summed E-state index contributed by atoms with van der Waals surface area (Å²) in [6, 6.07) is 7.12. The Hall–Kier alpha value is -3.09. The van der Waals surface area contributed by atoms with Gasteiger partial charge in [0.1, 0.15) is 12.4 Å². The Bertz CT molecular complexity index is 875. The lowest BCUT2D eigenvalue weighted by Gasteiger charge is -2.04. The zero-order chi connectivity index (χ0) is 17.7. The number of hydrogen-bond acceptors (Lipinski definition) is 5. The van der Waals surface area contributed by atoms with E-state index in [1.165, 1.54) is 30.9 Å². The molecule has 1 aromatic heterocycles. The average Bonchev–Trinajstić information content (AvgIpc) is 2.60. The fourth-order valence-corrected chi connectivity index (χ4v) is 2.03. The van der Waals surface area contributed by atoms with Crippen LogP contribution in [0.1, 0.15) is 11.1 Å². The molecule has 24 heavy (non-hydrogen) atoms. The van der Waals surface area contributed by atoms with Gasteiger partial charge in [-0.05, 0) is 23.8 Å². The standard InChI is InChI=1S/C17H18N2O5/c1-18-10-13(16(21)19(2)17(18)22)6-9-15(20)24-11-12-4-7-14(23-3)8-5-12/h4-10H,11H2,1-3H3/b9-6+. The highest BCUT2D eigenvalue weighted by Crippen LogP contribution is 2.12. The molecule has 0 spiro atoms. The molecular weight excluding hydrogens is 312 g/mol. The first kappa shape index (κ1) is 17.3. The summed E-state index contributed by atoms with van der Waals surface area (Å²) in [6.07, 6.45) is 3.86.